The second kappa shape index (κ2) is 8.95. The minimum atomic E-state index is -0.968. The number of hydrogen-bond acceptors (Lipinski definition) is 0. The fraction of sp³-hybridized carbons (Fsp3) is 1.00. The van der Waals surface area contributed by atoms with Crippen LogP contribution in [-0.4, -0.2) is 5.57 Å². The molecule has 104 valence electrons. The molecule has 0 N–H and O–H groups in total. The number of halogens is 1. The van der Waals surface area contributed by atoms with Gasteiger partial charge in [0.05, 0.1) is 0 Å². The van der Waals surface area contributed by atoms with Gasteiger partial charge in [0.15, 0.2) is 0 Å². The van der Waals surface area contributed by atoms with E-state index in [4.69, 9.17) is 0 Å². The van der Waals surface area contributed by atoms with E-state index in [2.05, 4.69) is 63.3 Å². The number of rotatable bonds is 9. The zero-order valence-corrected chi connectivity index (χ0v) is 16.0. The zero-order valence-electron chi connectivity index (χ0n) is 12.9. The molecule has 0 saturated carbocycles. The van der Waals surface area contributed by atoms with E-state index in [9.17, 15) is 0 Å². The molecule has 0 aliphatic rings. The Bertz CT molecular complexity index is 156. The first-order chi connectivity index (χ1) is 7.75. The number of hydrogen-bond donors (Lipinski definition) is 0. The molecule has 0 heterocycles. The summed E-state index contributed by atoms with van der Waals surface area (Å²) in [6.07, 6.45) is 4.35. The van der Waals surface area contributed by atoms with E-state index < -0.39 is 5.57 Å². The van der Waals surface area contributed by atoms with Crippen molar-refractivity contribution in [2.45, 2.75) is 78.9 Å². The van der Waals surface area contributed by atoms with Crippen LogP contribution in [0, 0.1) is 17.8 Å². The molecular weight excluding hydrogens is 335 g/mol. The molecule has 0 spiro atoms. The van der Waals surface area contributed by atoms with Crippen molar-refractivity contribution in [1.29, 1.82) is 0 Å². The van der Waals surface area contributed by atoms with Crippen LogP contribution in [-0.2, 0) is 0 Å². The minimum absolute atomic E-state index is 0.884. The fourth-order valence-electron chi connectivity index (χ4n) is 2.02. The predicted octanol–water partition coefficient (Wildman–Crippen LogP) is 6.51. The average molecular weight is 368 g/mol. The molecule has 0 atom stereocenters. The summed E-state index contributed by atoms with van der Waals surface area (Å²) in [7, 11) is 0. The first kappa shape index (κ1) is 17.9. The van der Waals surface area contributed by atoms with Gasteiger partial charge in [0.2, 0.25) is 0 Å². The van der Waals surface area contributed by atoms with Gasteiger partial charge in [-0.15, -0.1) is 21.8 Å². The molecule has 0 saturated heterocycles. The van der Waals surface area contributed by atoms with E-state index in [1.807, 2.05) is 0 Å². The molecule has 2 heteroatoms. The Morgan fingerprint density at radius 2 is 0.882 bits per heavy atom. The molecule has 0 unspecified atom stereocenters. The highest BCUT2D eigenvalue weighted by Gasteiger charge is 2.29. The first-order valence-electron chi connectivity index (χ1n) is 7.44. The van der Waals surface area contributed by atoms with Crippen molar-refractivity contribution in [2.24, 2.45) is 17.8 Å². The van der Waals surface area contributed by atoms with Gasteiger partial charge in [0, 0.05) is 0 Å². The van der Waals surface area contributed by atoms with Crippen molar-refractivity contribution in [3.05, 3.63) is 0 Å². The highest BCUT2D eigenvalue weighted by atomic mass is 127. The van der Waals surface area contributed by atoms with E-state index in [0.29, 0.717) is 0 Å². The van der Waals surface area contributed by atoms with E-state index in [0.717, 1.165) is 17.8 Å². The Morgan fingerprint density at radius 3 is 1.06 bits per heavy atom. The van der Waals surface area contributed by atoms with Gasteiger partial charge in [-0.2, -0.15) is 0 Å². The Morgan fingerprint density at radius 1 is 0.647 bits per heavy atom. The summed E-state index contributed by atoms with van der Waals surface area (Å²) >= 11 is 2.91. The third-order valence-corrected chi connectivity index (χ3v) is 11.9. The van der Waals surface area contributed by atoms with Gasteiger partial charge in [-0.25, -0.2) is 0 Å². The smallest absolute Gasteiger partial charge is 0.119 e. The standard InChI is InChI=1S/C15H33ISi/c1-13(2)7-10-17(16,11-8-14(3)4)12-9-15(5)6/h13-15H,7-12H2,1-6H3. The van der Waals surface area contributed by atoms with E-state index >= 15 is 0 Å². The summed E-state index contributed by atoms with van der Waals surface area (Å²) in [6.45, 7) is 14.2. The van der Waals surface area contributed by atoms with Crippen LogP contribution < -0.4 is 0 Å². The minimum Gasteiger partial charge on any atom is -0.119 e. The van der Waals surface area contributed by atoms with Crippen molar-refractivity contribution in [1.82, 2.24) is 0 Å². The molecule has 0 aliphatic heterocycles. The molecule has 0 bridgehead atoms. The highest BCUT2D eigenvalue weighted by Crippen LogP contribution is 2.36. The summed E-state index contributed by atoms with van der Waals surface area (Å²) in [5.41, 5.74) is -0.968. The van der Waals surface area contributed by atoms with Gasteiger partial charge >= 0.3 is 0 Å². The maximum Gasteiger partial charge on any atom is 0.125 e. The van der Waals surface area contributed by atoms with Crippen molar-refractivity contribution >= 4 is 27.4 Å². The molecule has 0 radical (unpaired) electrons. The Kier molecular flexibility index (Phi) is 9.45. The summed E-state index contributed by atoms with van der Waals surface area (Å²) in [4.78, 5) is 0. The Balaban J connectivity index is 4.23. The van der Waals surface area contributed by atoms with Crippen LogP contribution in [0.3, 0.4) is 0 Å². The topological polar surface area (TPSA) is 0 Å². The van der Waals surface area contributed by atoms with E-state index in [1.54, 1.807) is 18.1 Å². The largest absolute Gasteiger partial charge is 0.125 e. The van der Waals surface area contributed by atoms with Crippen molar-refractivity contribution in [3.8, 4) is 0 Å². The molecule has 0 aromatic carbocycles. The van der Waals surface area contributed by atoms with Gasteiger partial charge in [-0.05, 0) is 35.9 Å². The first-order valence-corrected chi connectivity index (χ1v) is 13.2. The van der Waals surface area contributed by atoms with Gasteiger partial charge in [-0.3, -0.25) is 0 Å². The molecule has 0 nitrogen and oxygen atoms in total. The lowest BCUT2D eigenvalue weighted by molar-refractivity contribution is 0.591. The monoisotopic (exact) mass is 368 g/mol. The molecular formula is C15H33ISi. The third kappa shape index (κ3) is 10.5. The second-order valence-electron chi connectivity index (χ2n) is 6.95. The molecule has 17 heavy (non-hydrogen) atoms. The summed E-state index contributed by atoms with van der Waals surface area (Å²) in [6, 6.07) is 4.64. The second-order valence-corrected chi connectivity index (χ2v) is 17.6. The summed E-state index contributed by atoms with van der Waals surface area (Å²) in [5.74, 6) is 2.65. The molecule has 0 rings (SSSR count). The molecule has 0 aromatic heterocycles. The van der Waals surface area contributed by atoms with Gasteiger partial charge in [0.1, 0.15) is 5.57 Å². The van der Waals surface area contributed by atoms with Crippen LogP contribution in [0.25, 0.3) is 0 Å². The lowest BCUT2D eigenvalue weighted by Gasteiger charge is -2.28. The Labute approximate surface area is 124 Å². The average Bonchev–Trinajstić information content (AvgIpc) is 2.21. The maximum atomic E-state index is 2.91. The van der Waals surface area contributed by atoms with Crippen LogP contribution in [0.1, 0.15) is 60.8 Å². The van der Waals surface area contributed by atoms with Crippen LogP contribution in [0.4, 0.5) is 0 Å². The summed E-state index contributed by atoms with van der Waals surface area (Å²) in [5, 5.41) is 0. The zero-order chi connectivity index (χ0) is 13.5. The molecule has 0 amide bonds. The predicted molar refractivity (Wildman–Crippen MR) is 92.6 cm³/mol. The van der Waals surface area contributed by atoms with Crippen LogP contribution in [0.5, 0.6) is 0 Å². The Hall–Kier alpha value is 0.947. The van der Waals surface area contributed by atoms with Crippen molar-refractivity contribution in [3.63, 3.8) is 0 Å². The van der Waals surface area contributed by atoms with Gasteiger partial charge in [0.25, 0.3) is 0 Å². The fourth-order valence-corrected chi connectivity index (χ4v) is 8.85. The van der Waals surface area contributed by atoms with Crippen molar-refractivity contribution in [2.75, 3.05) is 0 Å². The van der Waals surface area contributed by atoms with Crippen LogP contribution in [0.15, 0.2) is 0 Å². The molecule has 0 fully saturated rings. The summed E-state index contributed by atoms with van der Waals surface area (Å²) < 4.78 is 0. The third-order valence-electron chi connectivity index (χ3n) is 3.51. The molecule has 0 aromatic rings. The normalized spacial score (nSPS) is 13.1. The van der Waals surface area contributed by atoms with Gasteiger partial charge < -0.3 is 0 Å². The molecule has 0 aliphatic carbocycles. The van der Waals surface area contributed by atoms with Crippen LogP contribution >= 0.6 is 21.8 Å². The van der Waals surface area contributed by atoms with Crippen LogP contribution in [0.2, 0.25) is 18.1 Å². The van der Waals surface area contributed by atoms with Gasteiger partial charge in [-0.1, -0.05) is 60.8 Å². The maximum absolute atomic E-state index is 2.91. The lowest BCUT2D eigenvalue weighted by atomic mass is 10.2. The van der Waals surface area contributed by atoms with E-state index in [-0.39, 0.29) is 0 Å². The highest BCUT2D eigenvalue weighted by molar-refractivity contribution is 14.1. The van der Waals surface area contributed by atoms with Crippen molar-refractivity contribution < 1.29 is 0 Å². The lowest BCUT2D eigenvalue weighted by Crippen LogP contribution is -2.27. The van der Waals surface area contributed by atoms with E-state index in [1.165, 1.54) is 19.3 Å². The SMILES string of the molecule is CC(C)CC[Si](I)(CCC(C)C)CCC(C)C. The quantitative estimate of drug-likeness (QED) is 0.247.